The van der Waals surface area contributed by atoms with Gasteiger partial charge in [-0.3, -0.25) is 14.9 Å². The topological polar surface area (TPSA) is 55.4 Å². The third-order valence-electron chi connectivity index (χ3n) is 2.95. The van der Waals surface area contributed by atoms with E-state index in [1.165, 1.54) is 0 Å². The second-order valence-electron chi connectivity index (χ2n) is 4.60. The number of halogens is 2. The third-order valence-corrected chi connectivity index (χ3v) is 4.50. The second kappa shape index (κ2) is 6.66. The van der Waals surface area contributed by atoms with E-state index >= 15 is 0 Å². The predicted molar refractivity (Wildman–Crippen MR) is 92.1 cm³/mol. The Morgan fingerprint density at radius 1 is 0.957 bits per heavy atom. The molecule has 0 aromatic heterocycles. The summed E-state index contributed by atoms with van der Waals surface area (Å²) in [5.74, 6) is 0.808. The van der Waals surface area contributed by atoms with E-state index in [2.05, 4.69) is 5.32 Å². The molecular weight excluding hydrogens is 357 g/mol. The highest BCUT2D eigenvalue weighted by atomic mass is 35.5. The number of hydrogen-bond donors (Lipinski definition) is 1. The van der Waals surface area contributed by atoms with Gasteiger partial charge in [0.25, 0.3) is 11.1 Å². The molecule has 1 fully saturated rings. The predicted octanol–water partition coefficient (Wildman–Crippen LogP) is 5.11. The molecule has 1 aliphatic rings. The molecular formula is C16H9Cl2NO3S. The van der Waals surface area contributed by atoms with Crippen LogP contribution in [0.1, 0.15) is 5.56 Å². The van der Waals surface area contributed by atoms with Crippen LogP contribution in [0.4, 0.5) is 4.79 Å². The summed E-state index contributed by atoms with van der Waals surface area (Å²) in [5.41, 5.74) is 0.791. The van der Waals surface area contributed by atoms with Gasteiger partial charge in [-0.25, -0.2) is 0 Å². The van der Waals surface area contributed by atoms with Gasteiger partial charge in [0, 0.05) is 6.07 Å². The molecule has 0 unspecified atom stereocenters. The number of rotatable bonds is 3. The van der Waals surface area contributed by atoms with Crippen molar-refractivity contribution in [2.45, 2.75) is 0 Å². The number of hydrogen-bond acceptors (Lipinski definition) is 4. The van der Waals surface area contributed by atoms with Gasteiger partial charge in [-0.2, -0.15) is 0 Å². The van der Waals surface area contributed by atoms with Gasteiger partial charge in [-0.1, -0.05) is 35.3 Å². The van der Waals surface area contributed by atoms with E-state index < -0.39 is 0 Å². The molecule has 116 valence electrons. The van der Waals surface area contributed by atoms with Gasteiger partial charge in [-0.15, -0.1) is 0 Å². The van der Waals surface area contributed by atoms with Crippen LogP contribution in [0, 0.1) is 0 Å². The summed E-state index contributed by atoms with van der Waals surface area (Å²) in [6, 6.07) is 12.1. The molecule has 23 heavy (non-hydrogen) atoms. The van der Waals surface area contributed by atoms with Crippen molar-refractivity contribution in [3.8, 4) is 11.5 Å². The Bertz CT molecular complexity index is 819. The lowest BCUT2D eigenvalue weighted by Gasteiger charge is -2.07. The maximum absolute atomic E-state index is 11.5. The zero-order valence-corrected chi connectivity index (χ0v) is 13.8. The maximum atomic E-state index is 11.5. The fraction of sp³-hybridized carbons (Fsp3) is 0. The summed E-state index contributed by atoms with van der Waals surface area (Å²) in [6.45, 7) is 0. The van der Waals surface area contributed by atoms with Crippen LogP contribution in [-0.4, -0.2) is 11.1 Å². The second-order valence-corrected chi connectivity index (χ2v) is 6.43. The SMILES string of the molecule is O=C1NC(=O)C(=Cc2ccc(Oc3ccc(Cl)c(Cl)c3)cc2)S1. The molecule has 0 aliphatic carbocycles. The molecule has 2 aromatic rings. The average Bonchev–Trinajstić information content (AvgIpc) is 2.83. The lowest BCUT2D eigenvalue weighted by Crippen LogP contribution is -2.17. The number of benzene rings is 2. The number of carbonyl (C=O) groups is 2. The van der Waals surface area contributed by atoms with Crippen LogP contribution in [0.15, 0.2) is 47.4 Å². The van der Waals surface area contributed by atoms with Crippen molar-refractivity contribution < 1.29 is 14.3 Å². The summed E-state index contributed by atoms with van der Waals surface area (Å²) in [5, 5.41) is 2.73. The van der Waals surface area contributed by atoms with Crippen LogP contribution in [0.25, 0.3) is 6.08 Å². The van der Waals surface area contributed by atoms with Crippen molar-refractivity contribution in [3.05, 3.63) is 63.0 Å². The monoisotopic (exact) mass is 365 g/mol. The number of thioether (sulfide) groups is 1. The van der Waals surface area contributed by atoms with E-state index in [1.807, 2.05) is 0 Å². The standard InChI is InChI=1S/C16H9Cl2NO3S/c17-12-6-5-11(8-13(12)18)22-10-3-1-9(2-4-10)7-14-15(20)19-16(21)23-14/h1-8H,(H,19,20,21). The van der Waals surface area contributed by atoms with Gasteiger partial charge < -0.3 is 4.74 Å². The van der Waals surface area contributed by atoms with E-state index in [1.54, 1.807) is 48.5 Å². The summed E-state index contributed by atoms with van der Waals surface area (Å²) in [7, 11) is 0. The van der Waals surface area contributed by atoms with Crippen molar-refractivity contribution in [2.75, 3.05) is 0 Å². The third kappa shape index (κ3) is 3.88. The molecule has 1 aliphatic heterocycles. The Morgan fingerprint density at radius 2 is 1.65 bits per heavy atom. The van der Waals surface area contributed by atoms with Gasteiger partial charge in [0.1, 0.15) is 11.5 Å². The zero-order valence-electron chi connectivity index (χ0n) is 11.5. The van der Waals surface area contributed by atoms with Crippen LogP contribution in [0.2, 0.25) is 10.0 Å². The number of nitrogens with one attached hydrogen (secondary N) is 1. The van der Waals surface area contributed by atoms with Crippen molar-refractivity contribution in [3.63, 3.8) is 0 Å². The van der Waals surface area contributed by atoms with Crippen molar-refractivity contribution in [2.24, 2.45) is 0 Å². The number of carbonyl (C=O) groups excluding carboxylic acids is 2. The van der Waals surface area contributed by atoms with Crippen LogP contribution in [0.3, 0.4) is 0 Å². The molecule has 0 radical (unpaired) electrons. The van der Waals surface area contributed by atoms with Crippen LogP contribution < -0.4 is 10.1 Å². The Kier molecular flexibility index (Phi) is 4.61. The number of ether oxygens (including phenoxy) is 1. The number of amides is 2. The van der Waals surface area contributed by atoms with Crippen molar-refractivity contribution in [1.82, 2.24) is 5.32 Å². The lowest BCUT2D eigenvalue weighted by molar-refractivity contribution is -0.115. The van der Waals surface area contributed by atoms with Gasteiger partial charge >= 0.3 is 0 Å². The summed E-state index contributed by atoms with van der Waals surface area (Å²) >= 11 is 12.7. The summed E-state index contributed by atoms with van der Waals surface area (Å²) < 4.78 is 5.67. The lowest BCUT2D eigenvalue weighted by atomic mass is 10.2. The van der Waals surface area contributed by atoms with Crippen LogP contribution in [-0.2, 0) is 4.79 Å². The molecule has 1 saturated heterocycles. The summed E-state index contributed by atoms with van der Waals surface area (Å²) in [4.78, 5) is 23.0. The average molecular weight is 366 g/mol. The highest BCUT2D eigenvalue weighted by Crippen LogP contribution is 2.30. The molecule has 1 N–H and O–H groups in total. The smallest absolute Gasteiger partial charge is 0.290 e. The fourth-order valence-electron chi connectivity index (χ4n) is 1.88. The first-order valence-corrected chi connectivity index (χ1v) is 8.06. The van der Waals surface area contributed by atoms with Crippen LogP contribution >= 0.6 is 35.0 Å². The van der Waals surface area contributed by atoms with Crippen LogP contribution in [0.5, 0.6) is 11.5 Å². The minimum atomic E-state index is -0.379. The van der Waals surface area contributed by atoms with Gasteiger partial charge in [0.2, 0.25) is 0 Å². The van der Waals surface area contributed by atoms with E-state index in [-0.39, 0.29) is 11.1 Å². The maximum Gasteiger partial charge on any atom is 0.290 e. The molecule has 2 amide bonds. The first-order chi connectivity index (χ1) is 11.0. The van der Waals surface area contributed by atoms with E-state index in [0.29, 0.717) is 26.4 Å². The minimum Gasteiger partial charge on any atom is -0.457 e. The molecule has 2 aromatic carbocycles. The minimum absolute atomic E-state index is 0.360. The first kappa shape index (κ1) is 15.9. The molecule has 3 rings (SSSR count). The molecule has 1 heterocycles. The highest BCUT2D eigenvalue weighted by Gasteiger charge is 2.24. The molecule has 0 saturated carbocycles. The normalized spacial score (nSPS) is 15.8. The Morgan fingerprint density at radius 3 is 2.26 bits per heavy atom. The summed E-state index contributed by atoms with van der Waals surface area (Å²) in [6.07, 6.45) is 1.65. The van der Waals surface area contributed by atoms with Crippen molar-refractivity contribution >= 4 is 52.2 Å². The van der Waals surface area contributed by atoms with Gasteiger partial charge in [-0.05, 0) is 47.7 Å². The van der Waals surface area contributed by atoms with Gasteiger partial charge in [0.05, 0.1) is 15.0 Å². The number of imide groups is 1. The van der Waals surface area contributed by atoms with E-state index in [4.69, 9.17) is 27.9 Å². The molecule has 7 heteroatoms. The molecule has 0 bridgehead atoms. The Balaban J connectivity index is 1.74. The Hall–Kier alpha value is -1.95. The largest absolute Gasteiger partial charge is 0.457 e. The van der Waals surface area contributed by atoms with Crippen molar-refractivity contribution in [1.29, 1.82) is 0 Å². The first-order valence-electron chi connectivity index (χ1n) is 6.49. The molecule has 0 spiro atoms. The highest BCUT2D eigenvalue weighted by molar-refractivity contribution is 8.18. The Labute approximate surface area is 146 Å². The van der Waals surface area contributed by atoms with E-state index in [9.17, 15) is 9.59 Å². The molecule has 4 nitrogen and oxygen atoms in total. The zero-order chi connectivity index (χ0) is 16.4. The quantitative estimate of drug-likeness (QED) is 0.767. The molecule has 0 atom stereocenters. The van der Waals surface area contributed by atoms with Gasteiger partial charge in [0.15, 0.2) is 0 Å². The van der Waals surface area contributed by atoms with E-state index in [0.717, 1.165) is 17.3 Å². The fourth-order valence-corrected chi connectivity index (χ4v) is 2.85.